The number of alkyl carbamates (subject to hydrolysis) is 1. The van der Waals surface area contributed by atoms with Gasteiger partial charge < -0.3 is 25.2 Å². The van der Waals surface area contributed by atoms with Gasteiger partial charge in [-0.3, -0.25) is 9.78 Å². The fourth-order valence-electron chi connectivity index (χ4n) is 3.35. The molecule has 0 saturated heterocycles. The molecule has 9 heteroatoms. The molecule has 190 valence electrons. The second kappa shape index (κ2) is 12.0. The Bertz CT molecular complexity index is 1220. The molecule has 36 heavy (non-hydrogen) atoms. The number of nitrogens with one attached hydrogen (secondary N) is 2. The number of anilines is 1. The Morgan fingerprint density at radius 1 is 1.11 bits per heavy atom. The van der Waals surface area contributed by atoms with Crippen LogP contribution in [0, 0.1) is 0 Å². The standard InChI is InChI=1S/C27H32N3O5P/c1-27(2,3)35-26(33)29-16-23(18-7-10-22(11-8-18)34-17-24(31)36(4)5)25(32)30-21-9-6-20-15-28-13-12-19(20)14-21/h6-15,23-24,31H,4,16-17H2,1-3,5H3,(H-,28,29,30,32,33)/p+1. The van der Waals surface area contributed by atoms with E-state index in [9.17, 15) is 14.7 Å². The van der Waals surface area contributed by atoms with Crippen LogP contribution >= 0.6 is 7.55 Å². The van der Waals surface area contributed by atoms with Gasteiger partial charge in [0, 0.05) is 30.0 Å². The summed E-state index contributed by atoms with van der Waals surface area (Å²) >= 11 is 0. The largest absolute Gasteiger partial charge is 0.486 e. The number of hydrogen-bond acceptors (Lipinski definition) is 6. The van der Waals surface area contributed by atoms with Crippen molar-refractivity contribution >= 4 is 42.3 Å². The predicted octanol–water partition coefficient (Wildman–Crippen LogP) is 4.72. The number of nitrogens with zero attached hydrogens (tertiary/aromatic N) is 1. The average molecular weight is 511 g/mol. The van der Waals surface area contributed by atoms with Crippen LogP contribution in [0.3, 0.4) is 0 Å². The molecular formula is C27H33N3O5P+. The molecule has 3 unspecified atom stereocenters. The summed E-state index contributed by atoms with van der Waals surface area (Å²) in [5.41, 5.74) is 0.675. The van der Waals surface area contributed by atoms with Crippen molar-refractivity contribution in [3.8, 4) is 5.75 Å². The molecule has 0 aliphatic carbocycles. The summed E-state index contributed by atoms with van der Waals surface area (Å²) in [5, 5.41) is 17.5. The summed E-state index contributed by atoms with van der Waals surface area (Å²) < 4.78 is 11.0. The average Bonchev–Trinajstić information content (AvgIpc) is 2.82. The van der Waals surface area contributed by atoms with Crippen LogP contribution < -0.4 is 15.4 Å². The highest BCUT2D eigenvalue weighted by Crippen LogP contribution is 2.25. The first kappa shape index (κ1) is 27.1. The number of hydrogen-bond donors (Lipinski definition) is 3. The van der Waals surface area contributed by atoms with Gasteiger partial charge in [0.05, 0.1) is 18.9 Å². The summed E-state index contributed by atoms with van der Waals surface area (Å²) in [6.45, 7) is 7.39. The van der Waals surface area contributed by atoms with E-state index < -0.39 is 31.0 Å². The smallest absolute Gasteiger partial charge is 0.407 e. The van der Waals surface area contributed by atoms with Crippen LogP contribution in [0.15, 0.2) is 60.9 Å². The monoisotopic (exact) mass is 510 g/mol. The van der Waals surface area contributed by atoms with Crippen LogP contribution in [0.4, 0.5) is 10.5 Å². The fraction of sp³-hybridized carbons (Fsp3) is 0.333. The molecular weight excluding hydrogens is 477 g/mol. The summed E-state index contributed by atoms with van der Waals surface area (Å²) in [6.07, 6.45) is 6.71. The number of amides is 2. The second-order valence-electron chi connectivity index (χ2n) is 9.48. The van der Waals surface area contributed by atoms with E-state index in [0.29, 0.717) is 17.0 Å². The molecule has 2 aromatic carbocycles. The minimum atomic E-state index is -0.768. The van der Waals surface area contributed by atoms with E-state index in [-0.39, 0.29) is 19.1 Å². The first-order valence-corrected chi connectivity index (χ1v) is 13.6. The Labute approximate surface area is 212 Å². The number of fused-ring (bicyclic) bond motifs is 1. The van der Waals surface area contributed by atoms with Gasteiger partial charge in [0.2, 0.25) is 11.8 Å². The van der Waals surface area contributed by atoms with Gasteiger partial charge >= 0.3 is 6.09 Å². The van der Waals surface area contributed by atoms with Gasteiger partial charge in [-0.1, -0.05) is 18.2 Å². The van der Waals surface area contributed by atoms with Crippen LogP contribution in [0.5, 0.6) is 5.75 Å². The molecule has 0 radical (unpaired) electrons. The number of carbonyl (C=O) groups is 2. The van der Waals surface area contributed by atoms with E-state index in [1.807, 2.05) is 30.9 Å². The predicted molar refractivity (Wildman–Crippen MR) is 145 cm³/mol. The molecule has 0 aliphatic rings. The maximum Gasteiger partial charge on any atom is 0.407 e. The van der Waals surface area contributed by atoms with Crippen molar-refractivity contribution < 1.29 is 24.2 Å². The first-order chi connectivity index (χ1) is 17.0. The fourth-order valence-corrected chi connectivity index (χ4v) is 3.68. The third kappa shape index (κ3) is 8.04. The Morgan fingerprint density at radius 2 is 1.83 bits per heavy atom. The van der Waals surface area contributed by atoms with Crippen molar-refractivity contribution in [1.29, 1.82) is 0 Å². The number of ether oxygens (including phenoxy) is 2. The highest BCUT2D eigenvalue weighted by atomic mass is 31.1. The minimum absolute atomic E-state index is 0.0405. The quantitative estimate of drug-likeness (QED) is 0.359. The van der Waals surface area contributed by atoms with Gasteiger partial charge in [-0.2, -0.15) is 0 Å². The van der Waals surface area contributed by atoms with Crippen LogP contribution in [-0.4, -0.2) is 59.7 Å². The highest BCUT2D eigenvalue weighted by Gasteiger charge is 2.24. The molecule has 8 nitrogen and oxygen atoms in total. The third-order valence-electron chi connectivity index (χ3n) is 5.26. The SMILES string of the molecule is C=[P+](C)C(O)COc1ccc(C(CNC(=O)OC(C)(C)C)C(=O)Nc2ccc3cnccc3c2)cc1. The van der Waals surface area contributed by atoms with Gasteiger partial charge in [0.15, 0.2) is 6.61 Å². The maximum atomic E-state index is 13.3. The summed E-state index contributed by atoms with van der Waals surface area (Å²) in [5.74, 6) is -1.02. The second-order valence-corrected chi connectivity index (χ2v) is 11.6. The molecule has 0 saturated carbocycles. The summed E-state index contributed by atoms with van der Waals surface area (Å²) in [6, 6.07) is 14.5. The van der Waals surface area contributed by atoms with E-state index in [0.717, 1.165) is 10.8 Å². The number of aliphatic hydroxyl groups is 1. The molecule has 3 N–H and O–H groups in total. The van der Waals surface area contributed by atoms with Crippen molar-refractivity contribution in [2.24, 2.45) is 0 Å². The van der Waals surface area contributed by atoms with Gasteiger partial charge in [-0.15, -0.1) is 0 Å². The molecule has 0 aliphatic heterocycles. The molecule has 1 aromatic heterocycles. The topological polar surface area (TPSA) is 110 Å². The Balaban J connectivity index is 1.77. The van der Waals surface area contributed by atoms with Crippen molar-refractivity contribution in [1.82, 2.24) is 10.3 Å². The zero-order valence-corrected chi connectivity index (χ0v) is 21.9. The van der Waals surface area contributed by atoms with Gasteiger partial charge in [-0.25, -0.2) is 4.79 Å². The molecule has 1 heterocycles. The number of pyridine rings is 1. The van der Waals surface area contributed by atoms with Crippen LogP contribution in [0.1, 0.15) is 32.3 Å². The molecule has 3 rings (SSSR count). The van der Waals surface area contributed by atoms with E-state index in [1.165, 1.54) is 0 Å². The zero-order valence-electron chi connectivity index (χ0n) is 21.0. The van der Waals surface area contributed by atoms with E-state index >= 15 is 0 Å². The highest BCUT2D eigenvalue weighted by molar-refractivity contribution is 7.55. The molecule has 0 spiro atoms. The van der Waals surface area contributed by atoms with Crippen LogP contribution in [0.2, 0.25) is 0 Å². The van der Waals surface area contributed by atoms with Gasteiger partial charge in [0.1, 0.15) is 18.9 Å². The lowest BCUT2D eigenvalue weighted by Gasteiger charge is -2.22. The Kier molecular flexibility index (Phi) is 9.02. The normalized spacial score (nSPS) is 13.4. The van der Waals surface area contributed by atoms with Crippen molar-refractivity contribution in [2.45, 2.75) is 38.1 Å². The van der Waals surface area contributed by atoms with E-state index in [2.05, 4.69) is 21.9 Å². The van der Waals surface area contributed by atoms with E-state index in [1.54, 1.807) is 57.4 Å². The molecule has 0 fully saturated rings. The lowest BCUT2D eigenvalue weighted by Crippen LogP contribution is -2.37. The first-order valence-electron chi connectivity index (χ1n) is 11.6. The van der Waals surface area contributed by atoms with Crippen molar-refractivity contribution in [3.05, 3.63) is 66.5 Å². The van der Waals surface area contributed by atoms with Crippen molar-refractivity contribution in [3.63, 3.8) is 0 Å². The number of aliphatic hydroxyl groups excluding tert-OH is 1. The zero-order chi connectivity index (χ0) is 26.3. The Morgan fingerprint density at radius 3 is 2.50 bits per heavy atom. The molecule has 2 amide bonds. The number of benzene rings is 2. The lowest BCUT2D eigenvalue weighted by atomic mass is 9.97. The third-order valence-corrected chi connectivity index (χ3v) is 6.43. The number of aromatic nitrogens is 1. The summed E-state index contributed by atoms with van der Waals surface area (Å²) in [4.78, 5) is 29.7. The van der Waals surface area contributed by atoms with E-state index in [4.69, 9.17) is 9.47 Å². The number of rotatable bonds is 9. The van der Waals surface area contributed by atoms with Gasteiger partial charge in [-0.05, 0) is 62.1 Å². The molecule has 0 bridgehead atoms. The molecule has 3 aromatic rings. The molecule has 3 atom stereocenters. The van der Waals surface area contributed by atoms with Gasteiger partial charge in [0.25, 0.3) is 0 Å². The lowest BCUT2D eigenvalue weighted by molar-refractivity contribution is -0.117. The number of carbonyl (C=O) groups excluding carboxylic acids is 2. The maximum absolute atomic E-state index is 13.3. The Hall–Kier alpha value is -3.48. The van der Waals surface area contributed by atoms with Crippen LogP contribution in [0.25, 0.3) is 10.8 Å². The van der Waals surface area contributed by atoms with Crippen molar-refractivity contribution in [2.75, 3.05) is 25.1 Å². The minimum Gasteiger partial charge on any atom is -0.486 e. The van der Waals surface area contributed by atoms with Crippen LogP contribution in [-0.2, 0) is 9.53 Å². The summed E-state index contributed by atoms with van der Waals surface area (Å²) in [7, 11) is -0.768.